The molecule has 0 aliphatic heterocycles. The van der Waals surface area contributed by atoms with Crippen LogP contribution in [0.5, 0.6) is 0 Å². The first kappa shape index (κ1) is 23.7. The Labute approximate surface area is 219 Å². The molecule has 0 unspecified atom stereocenters. The molecular formula is C28H27N9O. The molecule has 1 amide bonds. The predicted octanol–water partition coefficient (Wildman–Crippen LogP) is 3.86. The fourth-order valence-corrected chi connectivity index (χ4v) is 4.28. The summed E-state index contributed by atoms with van der Waals surface area (Å²) in [6.45, 7) is 4.25. The van der Waals surface area contributed by atoms with Crippen molar-refractivity contribution in [3.05, 3.63) is 101 Å². The van der Waals surface area contributed by atoms with Crippen LogP contribution in [-0.2, 0) is 13.0 Å². The minimum Gasteiger partial charge on any atom is -0.347 e. The van der Waals surface area contributed by atoms with Crippen molar-refractivity contribution >= 4 is 5.91 Å². The van der Waals surface area contributed by atoms with Gasteiger partial charge in [0.25, 0.3) is 5.91 Å². The summed E-state index contributed by atoms with van der Waals surface area (Å²) >= 11 is 0. The Morgan fingerprint density at radius 3 is 2.63 bits per heavy atom. The zero-order valence-electron chi connectivity index (χ0n) is 21.2. The van der Waals surface area contributed by atoms with E-state index in [0.717, 1.165) is 39.7 Å². The van der Waals surface area contributed by atoms with Crippen LogP contribution >= 0.6 is 0 Å². The second-order valence-electron chi connectivity index (χ2n) is 9.68. The number of rotatable bonds is 8. The van der Waals surface area contributed by atoms with Crippen LogP contribution in [0.1, 0.15) is 63.2 Å². The van der Waals surface area contributed by atoms with Gasteiger partial charge >= 0.3 is 0 Å². The van der Waals surface area contributed by atoms with Gasteiger partial charge in [-0.05, 0) is 74.1 Å². The smallest absolute Gasteiger partial charge is 0.270 e. The van der Waals surface area contributed by atoms with Crippen LogP contribution in [0.25, 0.3) is 17.2 Å². The number of pyridine rings is 2. The van der Waals surface area contributed by atoms with Crippen LogP contribution < -0.4 is 5.32 Å². The molecule has 6 rings (SSSR count). The molecule has 38 heavy (non-hydrogen) atoms. The molecule has 0 saturated heterocycles. The van der Waals surface area contributed by atoms with Gasteiger partial charge in [0, 0.05) is 48.5 Å². The standard InChI is InChI=1S/C28H27N9O/c1-17-9-23(11-24-10-18(2)35-36-24)34-27(33-17)21-6-7-25(29-14-21)28(38)31-13-19-3-8-26(30-12-19)37-16-22(15-32-37)20-4-5-20/h3,6-10,12,14-16,20H,4-5,11,13H2,1-2H3,(H,31,38)(H,35,36). The number of aromatic amines is 1. The lowest BCUT2D eigenvalue weighted by atomic mass is 10.2. The summed E-state index contributed by atoms with van der Waals surface area (Å²) < 4.78 is 1.79. The van der Waals surface area contributed by atoms with E-state index < -0.39 is 0 Å². The van der Waals surface area contributed by atoms with Crippen molar-refractivity contribution in [1.29, 1.82) is 0 Å². The third-order valence-corrected chi connectivity index (χ3v) is 6.43. The average Bonchev–Trinajstić information content (AvgIpc) is 3.52. The van der Waals surface area contributed by atoms with Crippen LogP contribution in [0.15, 0.2) is 61.2 Å². The third-order valence-electron chi connectivity index (χ3n) is 6.43. The highest BCUT2D eigenvalue weighted by atomic mass is 16.1. The van der Waals surface area contributed by atoms with Crippen molar-refractivity contribution in [1.82, 2.24) is 45.2 Å². The minimum atomic E-state index is -0.262. The van der Waals surface area contributed by atoms with E-state index in [0.29, 0.717) is 30.4 Å². The van der Waals surface area contributed by atoms with Crippen molar-refractivity contribution in [2.24, 2.45) is 0 Å². The molecule has 0 spiro atoms. The summed E-state index contributed by atoms with van der Waals surface area (Å²) in [6, 6.07) is 11.3. The highest BCUT2D eigenvalue weighted by Gasteiger charge is 2.25. The van der Waals surface area contributed by atoms with Gasteiger partial charge in [-0.3, -0.25) is 14.9 Å². The van der Waals surface area contributed by atoms with Crippen LogP contribution in [0.2, 0.25) is 0 Å². The number of hydrogen-bond acceptors (Lipinski definition) is 7. The monoisotopic (exact) mass is 505 g/mol. The number of nitrogens with one attached hydrogen (secondary N) is 2. The first-order valence-electron chi connectivity index (χ1n) is 12.6. The first-order valence-corrected chi connectivity index (χ1v) is 12.6. The highest BCUT2D eigenvalue weighted by Crippen LogP contribution is 2.39. The van der Waals surface area contributed by atoms with E-state index in [9.17, 15) is 4.79 Å². The first-order chi connectivity index (χ1) is 18.5. The molecule has 190 valence electrons. The SMILES string of the molecule is Cc1cc(Cc2cc(C)[nH]n2)nc(-c2ccc(C(=O)NCc3ccc(-n4cc(C5CC5)cn4)nc3)nc2)n1. The van der Waals surface area contributed by atoms with Crippen LogP contribution in [0, 0.1) is 13.8 Å². The fraction of sp³-hybridized carbons (Fsp3) is 0.250. The van der Waals surface area contributed by atoms with E-state index in [1.54, 1.807) is 23.1 Å². The van der Waals surface area contributed by atoms with Gasteiger partial charge in [0.15, 0.2) is 11.6 Å². The lowest BCUT2D eigenvalue weighted by molar-refractivity contribution is 0.0946. The van der Waals surface area contributed by atoms with Gasteiger partial charge in [0.1, 0.15) is 5.69 Å². The summed E-state index contributed by atoms with van der Waals surface area (Å²) in [5.41, 5.74) is 6.88. The maximum atomic E-state index is 12.7. The third kappa shape index (κ3) is 5.34. The topological polar surface area (TPSA) is 127 Å². The van der Waals surface area contributed by atoms with Gasteiger partial charge < -0.3 is 5.32 Å². The number of hydrogen-bond donors (Lipinski definition) is 2. The second kappa shape index (κ2) is 9.97. The molecule has 1 fully saturated rings. The van der Waals surface area contributed by atoms with Gasteiger partial charge in [-0.1, -0.05) is 6.07 Å². The molecule has 5 aromatic rings. The zero-order chi connectivity index (χ0) is 26.1. The summed E-state index contributed by atoms with van der Waals surface area (Å²) in [6.07, 6.45) is 10.4. The van der Waals surface area contributed by atoms with E-state index in [1.807, 2.05) is 56.6 Å². The largest absolute Gasteiger partial charge is 0.347 e. The molecule has 1 saturated carbocycles. The second-order valence-corrected chi connectivity index (χ2v) is 9.68. The Hall–Kier alpha value is -4.73. The Morgan fingerprint density at radius 2 is 1.92 bits per heavy atom. The van der Waals surface area contributed by atoms with E-state index in [-0.39, 0.29) is 5.91 Å². The van der Waals surface area contributed by atoms with Gasteiger partial charge in [-0.15, -0.1) is 0 Å². The molecule has 5 heterocycles. The molecule has 5 aromatic heterocycles. The van der Waals surface area contributed by atoms with Gasteiger partial charge in [0.2, 0.25) is 0 Å². The van der Waals surface area contributed by atoms with E-state index in [4.69, 9.17) is 0 Å². The summed E-state index contributed by atoms with van der Waals surface area (Å²) in [4.78, 5) is 30.8. The predicted molar refractivity (Wildman–Crippen MR) is 141 cm³/mol. The van der Waals surface area contributed by atoms with Crippen LogP contribution in [-0.4, -0.2) is 45.8 Å². The maximum absolute atomic E-state index is 12.7. The van der Waals surface area contributed by atoms with Crippen molar-refractivity contribution in [2.75, 3.05) is 0 Å². The lowest BCUT2D eigenvalue weighted by Crippen LogP contribution is -2.23. The van der Waals surface area contributed by atoms with Crippen LogP contribution in [0.3, 0.4) is 0 Å². The minimum absolute atomic E-state index is 0.262. The Morgan fingerprint density at radius 1 is 1.03 bits per heavy atom. The number of amides is 1. The molecule has 0 bridgehead atoms. The molecule has 1 aliphatic rings. The molecule has 1 aliphatic carbocycles. The fourth-order valence-electron chi connectivity index (χ4n) is 4.28. The molecule has 10 nitrogen and oxygen atoms in total. The highest BCUT2D eigenvalue weighted by molar-refractivity contribution is 5.92. The Bertz CT molecular complexity index is 1580. The molecule has 0 radical (unpaired) electrons. The molecule has 0 atom stereocenters. The number of H-pyrrole nitrogens is 1. The van der Waals surface area contributed by atoms with E-state index in [1.165, 1.54) is 18.4 Å². The van der Waals surface area contributed by atoms with E-state index >= 15 is 0 Å². The van der Waals surface area contributed by atoms with E-state index in [2.05, 4.69) is 40.5 Å². The lowest BCUT2D eigenvalue weighted by Gasteiger charge is -2.08. The zero-order valence-corrected chi connectivity index (χ0v) is 21.2. The summed E-state index contributed by atoms with van der Waals surface area (Å²) in [5.74, 6) is 1.71. The number of nitrogens with zero attached hydrogens (tertiary/aromatic N) is 7. The number of carbonyl (C=O) groups is 1. The van der Waals surface area contributed by atoms with Gasteiger partial charge in [0.05, 0.1) is 17.6 Å². The summed E-state index contributed by atoms with van der Waals surface area (Å²) in [7, 11) is 0. The molecular weight excluding hydrogens is 478 g/mol. The normalized spacial score (nSPS) is 13.0. The molecule has 2 N–H and O–H groups in total. The summed E-state index contributed by atoms with van der Waals surface area (Å²) in [5, 5.41) is 14.6. The van der Waals surface area contributed by atoms with Crippen molar-refractivity contribution < 1.29 is 4.79 Å². The number of aromatic nitrogens is 8. The van der Waals surface area contributed by atoms with Gasteiger partial charge in [-0.25, -0.2) is 19.6 Å². The molecule has 0 aromatic carbocycles. The van der Waals surface area contributed by atoms with Crippen molar-refractivity contribution in [3.8, 4) is 17.2 Å². The number of carbonyl (C=O) groups excluding carboxylic acids is 1. The maximum Gasteiger partial charge on any atom is 0.270 e. The Kier molecular flexibility index (Phi) is 6.20. The van der Waals surface area contributed by atoms with Crippen molar-refractivity contribution in [2.45, 2.75) is 45.6 Å². The number of aryl methyl sites for hydroxylation is 2. The quantitative estimate of drug-likeness (QED) is 0.328. The molecule has 10 heteroatoms. The van der Waals surface area contributed by atoms with Crippen LogP contribution in [0.4, 0.5) is 0 Å². The van der Waals surface area contributed by atoms with Gasteiger partial charge in [-0.2, -0.15) is 10.2 Å². The van der Waals surface area contributed by atoms with Crippen molar-refractivity contribution in [3.63, 3.8) is 0 Å². The average molecular weight is 506 g/mol. The Balaban J connectivity index is 1.08.